The Bertz CT molecular complexity index is 1060. The zero-order chi connectivity index (χ0) is 30.5. The lowest BCUT2D eigenvalue weighted by atomic mass is 9.91. The highest BCUT2D eigenvalue weighted by molar-refractivity contribution is 9.10. The summed E-state index contributed by atoms with van der Waals surface area (Å²) in [5, 5.41) is 18.1. The van der Waals surface area contributed by atoms with E-state index in [9.17, 15) is 74.6 Å². The zero-order valence-corrected chi connectivity index (χ0v) is 18.8. The van der Waals surface area contributed by atoms with Crippen LogP contribution < -0.4 is 4.74 Å². The summed E-state index contributed by atoms with van der Waals surface area (Å²) in [6.45, 7) is -1.88. The van der Waals surface area contributed by atoms with Gasteiger partial charge in [-0.1, -0.05) is 0 Å². The molecule has 0 heterocycles. The molecule has 0 fully saturated rings. The molecule has 0 atom stereocenters. The lowest BCUT2D eigenvalue weighted by Crippen LogP contribution is -2.72. The van der Waals surface area contributed by atoms with Crippen molar-refractivity contribution < 1.29 is 89.6 Å². The predicted molar refractivity (Wildman–Crippen MR) is 91.6 cm³/mol. The molecule has 0 aromatic heterocycles. The maximum Gasteiger partial charge on any atom is 0.460 e. The summed E-state index contributed by atoms with van der Waals surface area (Å²) in [6.07, 6.45) is -7.81. The molecule has 0 bridgehead atoms. The molecule has 2 N–H and O–H groups in total. The quantitative estimate of drug-likeness (QED) is 0.204. The van der Waals surface area contributed by atoms with Crippen molar-refractivity contribution >= 4 is 15.9 Å². The minimum absolute atomic E-state index is 0.188. The number of hydrogen-bond acceptors (Lipinski definition) is 3. The van der Waals surface area contributed by atoms with Gasteiger partial charge in [0, 0.05) is 0 Å². The number of rotatable bonds is 10. The lowest BCUT2D eigenvalue weighted by Gasteiger charge is -2.41. The van der Waals surface area contributed by atoms with Crippen molar-refractivity contribution in [3.63, 3.8) is 0 Å². The van der Waals surface area contributed by atoms with Gasteiger partial charge in [-0.2, -0.15) is 74.6 Å². The van der Waals surface area contributed by atoms with Gasteiger partial charge in [-0.05, 0) is 39.2 Å². The van der Waals surface area contributed by atoms with Gasteiger partial charge in [0.2, 0.25) is 5.83 Å². The lowest BCUT2D eigenvalue weighted by molar-refractivity contribution is -0.451. The molecule has 38 heavy (non-hydrogen) atoms. The van der Waals surface area contributed by atoms with Gasteiger partial charge in [-0.3, -0.25) is 0 Å². The molecule has 0 radical (unpaired) electrons. The van der Waals surface area contributed by atoms with Crippen molar-refractivity contribution in [1.82, 2.24) is 0 Å². The van der Waals surface area contributed by atoms with Crippen molar-refractivity contribution in [3.05, 3.63) is 39.6 Å². The Balaban J connectivity index is 3.65. The number of halogens is 18. The number of aliphatic hydroxyl groups excluding tert-OH is 2. The minimum atomic E-state index is -8.68. The van der Waals surface area contributed by atoms with Gasteiger partial charge in [-0.25, -0.2) is 0 Å². The maximum absolute atomic E-state index is 13.9. The summed E-state index contributed by atoms with van der Waals surface area (Å²) < 4.78 is 228. The van der Waals surface area contributed by atoms with Crippen molar-refractivity contribution in [2.24, 2.45) is 0 Å². The molecule has 1 rings (SSSR count). The van der Waals surface area contributed by atoms with Gasteiger partial charge in [0.15, 0.2) is 0 Å². The van der Waals surface area contributed by atoms with Gasteiger partial charge in [0.05, 0.1) is 17.7 Å². The molecule has 0 saturated heterocycles. The third-order valence-electron chi connectivity index (χ3n) is 4.57. The monoisotopic (exact) mass is 662 g/mol. The summed E-state index contributed by atoms with van der Waals surface area (Å²) in [5.74, 6) is -55.8. The highest BCUT2D eigenvalue weighted by Gasteiger charge is 2.93. The first kappa shape index (κ1) is 34.0. The van der Waals surface area contributed by atoms with Crippen molar-refractivity contribution in [3.8, 4) is 5.75 Å². The molecule has 0 saturated carbocycles. The Hall–Kier alpha value is -2.03. The fraction of sp³-hybridized carbons (Fsp3) is 0.529. The van der Waals surface area contributed by atoms with E-state index in [1.165, 1.54) is 0 Å². The van der Waals surface area contributed by atoms with Gasteiger partial charge in [-0.15, -0.1) is 0 Å². The molecule has 21 heteroatoms. The number of benzene rings is 1. The Morgan fingerprint density at radius 2 is 1.00 bits per heavy atom. The average molecular weight is 663 g/mol. The van der Waals surface area contributed by atoms with Crippen LogP contribution in [-0.4, -0.2) is 51.9 Å². The molecule has 0 unspecified atom stereocenters. The number of aliphatic hydroxyl groups is 2. The van der Waals surface area contributed by atoms with Gasteiger partial charge >= 0.3 is 47.7 Å². The van der Waals surface area contributed by atoms with Crippen molar-refractivity contribution in [2.75, 3.05) is 0 Å². The van der Waals surface area contributed by atoms with Crippen molar-refractivity contribution in [1.29, 1.82) is 0 Å². The van der Waals surface area contributed by atoms with Gasteiger partial charge < -0.3 is 14.9 Å². The fourth-order valence-electron chi connectivity index (χ4n) is 2.38. The van der Waals surface area contributed by atoms with E-state index in [0.717, 1.165) is 6.07 Å². The van der Waals surface area contributed by atoms with Crippen LogP contribution in [0.25, 0.3) is 0 Å². The number of allylic oxidation sites excluding steroid dienone is 1. The normalized spacial score (nSPS) is 15.5. The summed E-state index contributed by atoms with van der Waals surface area (Å²) >= 11 is 2.50. The van der Waals surface area contributed by atoms with E-state index in [4.69, 9.17) is 10.2 Å². The summed E-state index contributed by atoms with van der Waals surface area (Å²) in [7, 11) is 0. The van der Waals surface area contributed by atoms with E-state index < -0.39 is 82.6 Å². The molecule has 0 aliphatic heterocycles. The van der Waals surface area contributed by atoms with Crippen LogP contribution in [0, 0.1) is 0 Å². The Labute approximate surface area is 206 Å². The molecule has 0 aliphatic rings. The maximum atomic E-state index is 13.9. The second kappa shape index (κ2) is 10.2. The molecular formula is C17H8BrF17O3. The highest BCUT2D eigenvalue weighted by atomic mass is 79.9. The van der Waals surface area contributed by atoms with E-state index in [2.05, 4.69) is 20.7 Å². The second-order valence-electron chi connectivity index (χ2n) is 7.00. The molecular weight excluding hydrogens is 655 g/mol. The Morgan fingerprint density at radius 3 is 1.39 bits per heavy atom. The van der Waals surface area contributed by atoms with Crippen LogP contribution in [0.15, 0.2) is 28.4 Å². The standard InChI is InChI=1S/C17H8BrF17O3/c18-7-1-5(3-36)6(4-37)2-8(7)38-10(20)9(19)11(21,22)12(23,24)13(25,26)14(27,28)15(29,30)16(31,32)17(33,34)35/h1-2,36-37H,3-4H2. The zero-order valence-electron chi connectivity index (χ0n) is 17.2. The predicted octanol–water partition coefficient (Wildman–Crippen LogP) is 7.29. The first-order chi connectivity index (χ1) is 16.7. The van der Waals surface area contributed by atoms with Gasteiger partial charge in [0.1, 0.15) is 5.75 Å². The average Bonchev–Trinajstić information content (AvgIpc) is 2.77. The third kappa shape index (κ3) is 5.00. The largest absolute Gasteiger partial charge is 0.460 e. The van der Waals surface area contributed by atoms with Crippen LogP contribution in [0.2, 0.25) is 0 Å². The summed E-state index contributed by atoms with van der Waals surface area (Å²) in [5.41, 5.74) is -0.609. The van der Waals surface area contributed by atoms with Crippen LogP contribution in [0.4, 0.5) is 74.6 Å². The number of hydrogen-bond donors (Lipinski definition) is 2. The van der Waals surface area contributed by atoms with E-state index in [1.54, 1.807) is 0 Å². The first-order valence-corrected chi connectivity index (χ1v) is 9.60. The number of alkyl halides is 15. The van der Waals surface area contributed by atoms with Crippen LogP contribution in [0.3, 0.4) is 0 Å². The van der Waals surface area contributed by atoms with Crippen LogP contribution in [0.5, 0.6) is 5.75 Å². The Kier molecular flexibility index (Phi) is 9.11. The second-order valence-corrected chi connectivity index (χ2v) is 7.86. The van der Waals surface area contributed by atoms with Crippen LogP contribution in [0.1, 0.15) is 11.1 Å². The van der Waals surface area contributed by atoms with Gasteiger partial charge in [0.25, 0.3) is 0 Å². The Morgan fingerprint density at radius 1 is 0.632 bits per heavy atom. The minimum Gasteiger partial charge on any atom is -0.428 e. The third-order valence-corrected chi connectivity index (χ3v) is 5.19. The molecule has 220 valence electrons. The summed E-state index contributed by atoms with van der Waals surface area (Å²) in [6, 6.07) is -2.49. The molecule has 0 spiro atoms. The molecule has 0 aliphatic carbocycles. The van der Waals surface area contributed by atoms with Crippen molar-refractivity contribution in [2.45, 2.75) is 54.9 Å². The number of ether oxygens (including phenoxy) is 1. The van der Waals surface area contributed by atoms with E-state index in [1.807, 2.05) is 0 Å². The van der Waals surface area contributed by atoms with E-state index >= 15 is 0 Å². The van der Waals surface area contributed by atoms with E-state index in [-0.39, 0.29) is 5.56 Å². The topological polar surface area (TPSA) is 49.7 Å². The summed E-state index contributed by atoms with van der Waals surface area (Å²) in [4.78, 5) is 0. The SMILES string of the molecule is OCc1cc(Br)c(OC(F)=C(F)C(F)(F)C(F)(F)C(F)(F)C(F)(F)C(F)(F)C(F)(F)C(F)(F)F)cc1CO. The van der Waals surface area contributed by atoms with E-state index in [0.29, 0.717) is 6.07 Å². The molecule has 1 aromatic carbocycles. The molecule has 0 amide bonds. The first-order valence-electron chi connectivity index (χ1n) is 8.80. The smallest absolute Gasteiger partial charge is 0.428 e. The van der Waals surface area contributed by atoms with Crippen LogP contribution >= 0.6 is 15.9 Å². The molecule has 3 nitrogen and oxygen atoms in total. The fourth-order valence-corrected chi connectivity index (χ4v) is 2.85. The highest BCUT2D eigenvalue weighted by Crippen LogP contribution is 2.63. The molecule has 1 aromatic rings. The van der Waals surface area contributed by atoms with Crippen LogP contribution in [-0.2, 0) is 13.2 Å².